The van der Waals surface area contributed by atoms with Crippen molar-refractivity contribution in [2.24, 2.45) is 0 Å². The Bertz CT molecular complexity index is 513. The van der Waals surface area contributed by atoms with Gasteiger partial charge in [-0.15, -0.1) is 0 Å². The molecule has 21 heavy (non-hydrogen) atoms. The molecule has 0 heterocycles. The number of ether oxygens (including phenoxy) is 2. The fraction of sp³-hybridized carbons (Fsp3) is 0.467. The minimum absolute atomic E-state index is 0.110. The molecule has 0 amide bonds. The maximum Gasteiger partial charge on any atom is 0.308 e. The second-order valence-electron chi connectivity index (χ2n) is 4.97. The number of carbonyl (C=O) groups is 2. The quantitative estimate of drug-likeness (QED) is 0.612. The van der Waals surface area contributed by atoms with E-state index in [1.54, 1.807) is 6.07 Å². The van der Waals surface area contributed by atoms with Crippen LogP contribution in [0.4, 0.5) is 0 Å². The van der Waals surface area contributed by atoms with E-state index in [4.69, 9.17) is 9.47 Å². The van der Waals surface area contributed by atoms with Gasteiger partial charge in [0.05, 0.1) is 6.10 Å². The number of carbonyl (C=O) groups excluding carboxylic acids is 2. The first-order valence-electron chi connectivity index (χ1n) is 6.71. The Hall–Kier alpha value is -1.92. The van der Waals surface area contributed by atoms with Crippen LogP contribution in [-0.2, 0) is 9.59 Å². The minimum Gasteiger partial charge on any atom is -0.423 e. The van der Waals surface area contributed by atoms with Gasteiger partial charge in [-0.3, -0.25) is 9.59 Å². The Morgan fingerprint density at radius 2 is 1.71 bits per heavy atom. The van der Waals surface area contributed by atoms with Crippen molar-refractivity contribution in [3.8, 4) is 11.5 Å². The third-order valence-corrected chi connectivity index (χ3v) is 2.58. The van der Waals surface area contributed by atoms with E-state index in [1.165, 1.54) is 26.0 Å². The van der Waals surface area contributed by atoms with E-state index in [0.29, 0.717) is 12.1 Å². The first-order valence-corrected chi connectivity index (χ1v) is 6.71. The predicted octanol–water partition coefficient (Wildman–Crippen LogP) is 1.57. The first-order chi connectivity index (χ1) is 9.79. The van der Waals surface area contributed by atoms with Crippen molar-refractivity contribution in [1.29, 1.82) is 0 Å². The van der Waals surface area contributed by atoms with E-state index in [9.17, 15) is 14.7 Å². The van der Waals surface area contributed by atoms with Crippen molar-refractivity contribution < 1.29 is 24.2 Å². The molecule has 0 bridgehead atoms. The Labute approximate surface area is 124 Å². The van der Waals surface area contributed by atoms with Gasteiger partial charge >= 0.3 is 11.9 Å². The SMILES string of the molecule is CC(=O)Oc1ccc([C@H](O)CNC(C)C)cc1OC(C)=O. The molecule has 0 radical (unpaired) electrons. The topological polar surface area (TPSA) is 84.9 Å². The zero-order valence-corrected chi connectivity index (χ0v) is 12.7. The fourth-order valence-electron chi connectivity index (χ4n) is 1.67. The van der Waals surface area contributed by atoms with Crippen LogP contribution >= 0.6 is 0 Å². The van der Waals surface area contributed by atoms with E-state index in [1.807, 2.05) is 13.8 Å². The van der Waals surface area contributed by atoms with Gasteiger partial charge in [0.15, 0.2) is 11.5 Å². The summed E-state index contributed by atoms with van der Waals surface area (Å²) in [4.78, 5) is 22.1. The van der Waals surface area contributed by atoms with E-state index >= 15 is 0 Å². The van der Waals surface area contributed by atoms with Crippen molar-refractivity contribution in [3.63, 3.8) is 0 Å². The minimum atomic E-state index is -0.756. The second-order valence-corrected chi connectivity index (χ2v) is 4.97. The van der Waals surface area contributed by atoms with Crippen LogP contribution < -0.4 is 14.8 Å². The zero-order chi connectivity index (χ0) is 16.0. The van der Waals surface area contributed by atoms with Crippen molar-refractivity contribution >= 4 is 11.9 Å². The van der Waals surface area contributed by atoms with Gasteiger partial charge in [-0.25, -0.2) is 0 Å². The van der Waals surface area contributed by atoms with Crippen molar-refractivity contribution in [2.75, 3.05) is 6.54 Å². The molecule has 0 saturated carbocycles. The van der Waals surface area contributed by atoms with E-state index < -0.39 is 18.0 Å². The number of aliphatic hydroxyl groups excluding tert-OH is 1. The molecule has 0 fully saturated rings. The lowest BCUT2D eigenvalue weighted by molar-refractivity contribution is -0.134. The van der Waals surface area contributed by atoms with Crippen LogP contribution in [-0.4, -0.2) is 29.6 Å². The molecule has 0 unspecified atom stereocenters. The lowest BCUT2D eigenvalue weighted by Gasteiger charge is -2.16. The van der Waals surface area contributed by atoms with Crippen LogP contribution in [0, 0.1) is 0 Å². The van der Waals surface area contributed by atoms with Gasteiger partial charge in [0.1, 0.15) is 0 Å². The average molecular weight is 295 g/mol. The number of nitrogens with one attached hydrogen (secondary N) is 1. The molecule has 0 aliphatic heterocycles. The molecule has 1 aromatic carbocycles. The maximum absolute atomic E-state index is 11.1. The molecular weight excluding hydrogens is 274 g/mol. The van der Waals surface area contributed by atoms with Gasteiger partial charge < -0.3 is 19.9 Å². The smallest absolute Gasteiger partial charge is 0.308 e. The van der Waals surface area contributed by atoms with Crippen molar-refractivity contribution in [3.05, 3.63) is 23.8 Å². The molecular formula is C15H21NO5. The van der Waals surface area contributed by atoms with Crippen LogP contribution in [0.2, 0.25) is 0 Å². The molecule has 0 aliphatic carbocycles. The van der Waals surface area contributed by atoms with Gasteiger partial charge in [-0.2, -0.15) is 0 Å². The summed E-state index contributed by atoms with van der Waals surface area (Å²) in [5.41, 5.74) is 0.565. The molecule has 2 N–H and O–H groups in total. The lowest BCUT2D eigenvalue weighted by Crippen LogP contribution is -2.27. The van der Waals surface area contributed by atoms with Crippen LogP contribution in [0.3, 0.4) is 0 Å². The number of benzene rings is 1. The molecule has 6 heteroatoms. The normalized spacial score (nSPS) is 12.1. The number of aliphatic hydroxyl groups is 1. The van der Waals surface area contributed by atoms with E-state index in [0.717, 1.165) is 0 Å². The Balaban J connectivity index is 2.96. The Kier molecular flexibility index (Phi) is 6.33. The van der Waals surface area contributed by atoms with Crippen LogP contribution in [0.1, 0.15) is 39.4 Å². The Morgan fingerprint density at radius 3 is 2.24 bits per heavy atom. The van der Waals surface area contributed by atoms with Gasteiger partial charge in [0.2, 0.25) is 0 Å². The monoisotopic (exact) mass is 295 g/mol. The highest BCUT2D eigenvalue weighted by Crippen LogP contribution is 2.31. The predicted molar refractivity (Wildman–Crippen MR) is 77.2 cm³/mol. The molecule has 0 saturated heterocycles. The van der Waals surface area contributed by atoms with Gasteiger partial charge in [0.25, 0.3) is 0 Å². The standard InChI is InChI=1S/C15H21NO5/c1-9(2)16-8-13(19)12-5-6-14(20-10(3)17)15(7-12)21-11(4)18/h5-7,9,13,16,19H,8H2,1-4H3/t13-/m1/s1. The highest BCUT2D eigenvalue weighted by molar-refractivity contribution is 5.73. The molecule has 0 aliphatic rings. The molecule has 1 atom stereocenters. The number of esters is 2. The van der Waals surface area contributed by atoms with Crippen LogP contribution in [0.15, 0.2) is 18.2 Å². The Morgan fingerprint density at radius 1 is 1.14 bits per heavy atom. The maximum atomic E-state index is 11.1. The average Bonchev–Trinajstić information content (AvgIpc) is 2.36. The summed E-state index contributed by atoms with van der Waals surface area (Å²) in [6.45, 7) is 6.82. The van der Waals surface area contributed by atoms with Gasteiger partial charge in [-0.05, 0) is 17.7 Å². The summed E-state index contributed by atoms with van der Waals surface area (Å²) in [6, 6.07) is 4.85. The van der Waals surface area contributed by atoms with E-state index in [-0.39, 0.29) is 17.5 Å². The summed E-state index contributed by atoms with van der Waals surface area (Å²) >= 11 is 0. The third kappa shape index (κ3) is 5.93. The molecule has 1 rings (SSSR count). The molecule has 6 nitrogen and oxygen atoms in total. The first kappa shape index (κ1) is 17.1. The van der Waals surface area contributed by atoms with Gasteiger partial charge in [-0.1, -0.05) is 19.9 Å². The summed E-state index contributed by atoms with van der Waals surface area (Å²) in [6.07, 6.45) is -0.756. The molecule has 0 aromatic heterocycles. The van der Waals surface area contributed by atoms with Crippen molar-refractivity contribution in [2.45, 2.75) is 39.8 Å². The zero-order valence-electron chi connectivity index (χ0n) is 12.7. The van der Waals surface area contributed by atoms with Crippen LogP contribution in [0.5, 0.6) is 11.5 Å². The summed E-state index contributed by atoms with van der Waals surface area (Å²) in [5.74, 6) is -0.794. The van der Waals surface area contributed by atoms with E-state index in [2.05, 4.69) is 5.32 Å². The summed E-state index contributed by atoms with van der Waals surface area (Å²) in [7, 11) is 0. The number of rotatable bonds is 6. The summed E-state index contributed by atoms with van der Waals surface area (Å²) < 4.78 is 9.98. The van der Waals surface area contributed by atoms with Crippen LogP contribution in [0.25, 0.3) is 0 Å². The molecule has 116 valence electrons. The number of hydrogen-bond acceptors (Lipinski definition) is 6. The number of hydrogen-bond donors (Lipinski definition) is 2. The highest BCUT2D eigenvalue weighted by atomic mass is 16.6. The fourth-order valence-corrected chi connectivity index (χ4v) is 1.67. The second kappa shape index (κ2) is 7.75. The highest BCUT2D eigenvalue weighted by Gasteiger charge is 2.15. The molecule has 0 spiro atoms. The largest absolute Gasteiger partial charge is 0.423 e. The lowest BCUT2D eigenvalue weighted by atomic mass is 10.1. The third-order valence-electron chi connectivity index (χ3n) is 2.58. The van der Waals surface area contributed by atoms with Crippen molar-refractivity contribution in [1.82, 2.24) is 5.32 Å². The van der Waals surface area contributed by atoms with Gasteiger partial charge in [0, 0.05) is 26.4 Å². The summed E-state index contributed by atoms with van der Waals surface area (Å²) in [5, 5.41) is 13.2. The molecule has 1 aromatic rings.